The lowest BCUT2D eigenvalue weighted by molar-refractivity contribution is 0.102. The molecule has 3 aromatic carbocycles. The van der Waals surface area contributed by atoms with Crippen LogP contribution in [0.2, 0.25) is 5.02 Å². The fourth-order valence-corrected chi connectivity index (χ4v) is 3.16. The number of amides is 1. The number of anilines is 1. The zero-order valence-electron chi connectivity index (χ0n) is 15.0. The van der Waals surface area contributed by atoms with E-state index in [1.54, 1.807) is 18.2 Å². The summed E-state index contributed by atoms with van der Waals surface area (Å²) in [6, 6.07) is 24.2. The van der Waals surface area contributed by atoms with Crippen LogP contribution < -0.4 is 10.1 Å². The zero-order chi connectivity index (χ0) is 19.3. The van der Waals surface area contributed by atoms with Crippen molar-refractivity contribution >= 4 is 34.5 Å². The van der Waals surface area contributed by atoms with E-state index >= 15 is 0 Å². The van der Waals surface area contributed by atoms with Crippen LogP contribution in [0.3, 0.4) is 0 Å². The van der Waals surface area contributed by atoms with Gasteiger partial charge >= 0.3 is 0 Å². The highest BCUT2D eigenvalue weighted by molar-refractivity contribution is 6.32. The molecule has 140 valence electrons. The van der Waals surface area contributed by atoms with E-state index in [4.69, 9.17) is 16.3 Å². The summed E-state index contributed by atoms with van der Waals surface area (Å²) in [7, 11) is 0. The Kier molecular flexibility index (Phi) is 5.26. The monoisotopic (exact) mass is 391 g/mol. The Labute approximate surface area is 167 Å². The first-order valence-corrected chi connectivity index (χ1v) is 9.29. The third-order valence-corrected chi connectivity index (χ3v) is 4.64. The van der Waals surface area contributed by atoms with Crippen molar-refractivity contribution in [3.05, 3.63) is 89.4 Å². The molecule has 0 aliphatic heterocycles. The molecule has 1 N–H and O–H groups in total. The van der Waals surface area contributed by atoms with Crippen LogP contribution >= 0.6 is 11.6 Å². The average molecular weight is 392 g/mol. The lowest BCUT2D eigenvalue weighted by Crippen LogP contribution is -2.17. The molecule has 1 aromatic heterocycles. The molecule has 5 nitrogen and oxygen atoms in total. The fourth-order valence-electron chi connectivity index (χ4n) is 2.97. The Morgan fingerprint density at radius 3 is 2.50 bits per heavy atom. The Balaban J connectivity index is 1.57. The van der Waals surface area contributed by atoms with Crippen molar-refractivity contribution in [3.8, 4) is 5.75 Å². The Morgan fingerprint density at radius 1 is 0.964 bits per heavy atom. The summed E-state index contributed by atoms with van der Waals surface area (Å²) in [5.41, 5.74) is 2.31. The SMILES string of the molecule is O=C(Nc1nc2ccccc2n1CCOc1ccccc1Cl)c1ccccc1. The van der Waals surface area contributed by atoms with E-state index in [0.29, 0.717) is 35.4 Å². The van der Waals surface area contributed by atoms with Crippen LogP contribution in [-0.4, -0.2) is 22.1 Å². The van der Waals surface area contributed by atoms with Crippen LogP contribution in [0.15, 0.2) is 78.9 Å². The fraction of sp³-hybridized carbons (Fsp3) is 0.0909. The van der Waals surface area contributed by atoms with Gasteiger partial charge < -0.3 is 9.30 Å². The minimum absolute atomic E-state index is 0.204. The van der Waals surface area contributed by atoms with Gasteiger partial charge in [0.25, 0.3) is 5.91 Å². The lowest BCUT2D eigenvalue weighted by atomic mass is 10.2. The average Bonchev–Trinajstić information content (AvgIpc) is 3.07. The maximum absolute atomic E-state index is 12.6. The maximum atomic E-state index is 12.6. The number of carbonyl (C=O) groups excluding carboxylic acids is 1. The number of ether oxygens (including phenoxy) is 1. The Hall–Kier alpha value is -3.31. The molecule has 0 aliphatic carbocycles. The van der Waals surface area contributed by atoms with Crippen molar-refractivity contribution in [1.29, 1.82) is 0 Å². The molecule has 0 unspecified atom stereocenters. The van der Waals surface area contributed by atoms with Crippen LogP contribution in [0.1, 0.15) is 10.4 Å². The molecule has 28 heavy (non-hydrogen) atoms. The lowest BCUT2D eigenvalue weighted by Gasteiger charge is -2.12. The smallest absolute Gasteiger partial charge is 0.257 e. The molecule has 0 fully saturated rings. The highest BCUT2D eigenvalue weighted by Gasteiger charge is 2.14. The van der Waals surface area contributed by atoms with Gasteiger partial charge in [0.1, 0.15) is 12.4 Å². The molecule has 4 aromatic rings. The van der Waals surface area contributed by atoms with E-state index in [0.717, 1.165) is 11.0 Å². The minimum Gasteiger partial charge on any atom is -0.490 e. The Morgan fingerprint density at radius 2 is 1.68 bits per heavy atom. The second kappa shape index (κ2) is 8.15. The molecule has 0 spiro atoms. The molecule has 0 saturated heterocycles. The van der Waals surface area contributed by atoms with E-state index in [2.05, 4.69) is 10.3 Å². The number of imidazole rings is 1. The summed E-state index contributed by atoms with van der Waals surface area (Å²) < 4.78 is 7.75. The zero-order valence-corrected chi connectivity index (χ0v) is 15.8. The first-order valence-electron chi connectivity index (χ1n) is 8.91. The molecule has 6 heteroatoms. The number of benzene rings is 3. The van der Waals surface area contributed by atoms with Gasteiger partial charge in [0.15, 0.2) is 0 Å². The molecule has 1 amide bonds. The summed E-state index contributed by atoms with van der Waals surface area (Å²) in [5, 5.41) is 3.47. The van der Waals surface area contributed by atoms with Gasteiger partial charge in [-0.25, -0.2) is 4.98 Å². The van der Waals surface area contributed by atoms with Crippen LogP contribution in [0.5, 0.6) is 5.75 Å². The number of para-hydroxylation sites is 3. The van der Waals surface area contributed by atoms with E-state index < -0.39 is 0 Å². The number of hydrogen-bond donors (Lipinski definition) is 1. The van der Waals surface area contributed by atoms with Gasteiger partial charge in [-0.15, -0.1) is 0 Å². The summed E-state index contributed by atoms with van der Waals surface area (Å²) in [4.78, 5) is 17.1. The maximum Gasteiger partial charge on any atom is 0.257 e. The van der Waals surface area contributed by atoms with E-state index in [1.807, 2.05) is 65.2 Å². The van der Waals surface area contributed by atoms with Gasteiger partial charge in [-0.1, -0.05) is 54.1 Å². The molecular formula is C22H18ClN3O2. The molecular weight excluding hydrogens is 374 g/mol. The van der Waals surface area contributed by atoms with Gasteiger partial charge in [0.05, 0.1) is 22.6 Å². The van der Waals surface area contributed by atoms with Crippen molar-refractivity contribution in [1.82, 2.24) is 9.55 Å². The minimum atomic E-state index is -0.204. The van der Waals surface area contributed by atoms with Crippen LogP contribution in [0.25, 0.3) is 11.0 Å². The molecule has 4 rings (SSSR count). The first kappa shape index (κ1) is 18.1. The largest absolute Gasteiger partial charge is 0.490 e. The van der Waals surface area contributed by atoms with Crippen LogP contribution in [0, 0.1) is 0 Å². The molecule has 1 heterocycles. The van der Waals surface area contributed by atoms with Crippen molar-refractivity contribution < 1.29 is 9.53 Å². The molecule has 0 radical (unpaired) electrons. The van der Waals surface area contributed by atoms with Gasteiger partial charge in [0.2, 0.25) is 5.95 Å². The number of halogens is 1. The summed E-state index contributed by atoms with van der Waals surface area (Å²) in [6.45, 7) is 0.897. The normalized spacial score (nSPS) is 10.8. The van der Waals surface area contributed by atoms with Crippen molar-refractivity contribution in [2.45, 2.75) is 6.54 Å². The number of carbonyl (C=O) groups is 1. The van der Waals surface area contributed by atoms with Crippen LogP contribution in [0.4, 0.5) is 5.95 Å². The van der Waals surface area contributed by atoms with Crippen LogP contribution in [-0.2, 0) is 6.54 Å². The summed E-state index contributed by atoms with van der Waals surface area (Å²) in [6.07, 6.45) is 0. The van der Waals surface area contributed by atoms with E-state index in [1.165, 1.54) is 0 Å². The topological polar surface area (TPSA) is 56.2 Å². The van der Waals surface area contributed by atoms with E-state index in [-0.39, 0.29) is 5.91 Å². The number of nitrogens with zero attached hydrogens (tertiary/aromatic N) is 2. The first-order chi connectivity index (χ1) is 13.7. The highest BCUT2D eigenvalue weighted by atomic mass is 35.5. The van der Waals surface area contributed by atoms with Gasteiger partial charge in [-0.3, -0.25) is 10.1 Å². The van der Waals surface area contributed by atoms with Crippen molar-refractivity contribution in [2.24, 2.45) is 0 Å². The second-order valence-corrected chi connectivity index (χ2v) is 6.58. The van der Waals surface area contributed by atoms with Crippen molar-refractivity contribution in [2.75, 3.05) is 11.9 Å². The third kappa shape index (κ3) is 3.85. The predicted octanol–water partition coefficient (Wildman–Crippen LogP) is 5.02. The molecule has 0 aliphatic rings. The summed E-state index contributed by atoms with van der Waals surface area (Å²) in [5.74, 6) is 0.908. The summed E-state index contributed by atoms with van der Waals surface area (Å²) >= 11 is 6.15. The Bertz CT molecular complexity index is 1110. The molecule has 0 bridgehead atoms. The van der Waals surface area contributed by atoms with Crippen molar-refractivity contribution in [3.63, 3.8) is 0 Å². The van der Waals surface area contributed by atoms with Gasteiger partial charge in [0, 0.05) is 5.56 Å². The predicted molar refractivity (Wildman–Crippen MR) is 111 cm³/mol. The second-order valence-electron chi connectivity index (χ2n) is 6.17. The number of nitrogens with one attached hydrogen (secondary N) is 1. The van der Waals surface area contributed by atoms with Gasteiger partial charge in [-0.2, -0.15) is 0 Å². The quantitative estimate of drug-likeness (QED) is 0.502. The standard InChI is InChI=1S/C22H18ClN3O2/c23-17-10-4-7-13-20(17)28-15-14-26-19-12-6-5-11-18(19)24-22(26)25-21(27)16-8-2-1-3-9-16/h1-13H,14-15H2,(H,24,25,27). The number of hydrogen-bond acceptors (Lipinski definition) is 3. The van der Waals surface area contributed by atoms with E-state index in [9.17, 15) is 4.79 Å². The third-order valence-electron chi connectivity index (χ3n) is 4.32. The number of rotatable bonds is 6. The molecule has 0 atom stereocenters. The highest BCUT2D eigenvalue weighted by Crippen LogP contribution is 2.24. The number of fused-ring (bicyclic) bond motifs is 1. The van der Waals surface area contributed by atoms with Gasteiger partial charge in [-0.05, 0) is 36.4 Å². The number of aromatic nitrogens is 2. The molecule has 0 saturated carbocycles.